The molecule has 0 bridgehead atoms. The van der Waals surface area contributed by atoms with Gasteiger partial charge in [-0.25, -0.2) is 0 Å². The van der Waals surface area contributed by atoms with Crippen LogP contribution in [0, 0.1) is 13.8 Å². The highest BCUT2D eigenvalue weighted by molar-refractivity contribution is 5.86. The molecule has 0 atom stereocenters. The number of carboxylic acids is 1. The molecule has 0 radical (unpaired) electrons. The first-order valence-electron chi connectivity index (χ1n) is 8.78. The molecule has 1 aromatic heterocycles. The Hall–Kier alpha value is -1.85. The summed E-state index contributed by atoms with van der Waals surface area (Å²) in [5, 5.41) is 13.8. The Morgan fingerprint density at radius 1 is 1.21 bits per heavy atom. The number of carbonyl (C=O) groups is 1. The number of aliphatic carboxylic acids is 1. The lowest BCUT2D eigenvalue weighted by molar-refractivity contribution is -0.137. The highest BCUT2D eigenvalue weighted by Crippen LogP contribution is 2.26. The molecular formula is C19H27N3O2. The summed E-state index contributed by atoms with van der Waals surface area (Å²) in [5.74, 6) is -0.794. The van der Waals surface area contributed by atoms with Crippen molar-refractivity contribution in [2.24, 2.45) is 0 Å². The number of hydrogen-bond donors (Lipinski definition) is 2. The van der Waals surface area contributed by atoms with E-state index in [0.29, 0.717) is 0 Å². The summed E-state index contributed by atoms with van der Waals surface area (Å²) in [4.78, 5) is 13.7. The van der Waals surface area contributed by atoms with Gasteiger partial charge in [-0.15, -0.1) is 0 Å². The summed E-state index contributed by atoms with van der Waals surface area (Å²) in [6.45, 7) is 9.74. The van der Waals surface area contributed by atoms with Gasteiger partial charge in [-0.3, -0.25) is 4.79 Å². The lowest BCUT2D eigenvalue weighted by Crippen LogP contribution is -2.43. The third-order valence-electron chi connectivity index (χ3n) is 5.01. The second kappa shape index (κ2) is 7.36. The molecule has 5 heteroatoms. The molecule has 1 saturated heterocycles. The van der Waals surface area contributed by atoms with E-state index in [1.165, 1.54) is 22.1 Å². The van der Waals surface area contributed by atoms with E-state index in [1.54, 1.807) is 0 Å². The third kappa shape index (κ3) is 3.79. The monoisotopic (exact) mass is 329 g/mol. The molecule has 1 aliphatic rings. The third-order valence-corrected chi connectivity index (χ3v) is 5.01. The fraction of sp³-hybridized carbons (Fsp3) is 0.526. The maximum Gasteiger partial charge on any atom is 0.323 e. The number of benzene rings is 1. The number of hydrogen-bond acceptors (Lipinski definition) is 3. The highest BCUT2D eigenvalue weighted by atomic mass is 16.4. The first kappa shape index (κ1) is 17.0. The van der Waals surface area contributed by atoms with Crippen molar-refractivity contribution in [3.8, 4) is 0 Å². The Morgan fingerprint density at radius 2 is 1.92 bits per heavy atom. The van der Waals surface area contributed by atoms with Crippen LogP contribution in [0.5, 0.6) is 0 Å². The standard InChI is InChI=1S/C19H27N3O2/c1-14-10-17-16(4-3-7-21-8-5-20-6-9-21)12-22(13-19(23)24)18(17)11-15(14)2/h10-12,20H,3-9,13H2,1-2H3,(H,23,24). The quantitative estimate of drug-likeness (QED) is 0.853. The van der Waals surface area contributed by atoms with Crippen molar-refractivity contribution < 1.29 is 9.90 Å². The second-order valence-corrected chi connectivity index (χ2v) is 6.82. The van der Waals surface area contributed by atoms with Gasteiger partial charge < -0.3 is 19.9 Å². The molecule has 1 aliphatic heterocycles. The second-order valence-electron chi connectivity index (χ2n) is 6.82. The number of carboxylic acid groups (broad SMARTS) is 1. The number of nitrogens with one attached hydrogen (secondary N) is 1. The van der Waals surface area contributed by atoms with Gasteiger partial charge in [-0.1, -0.05) is 0 Å². The first-order valence-corrected chi connectivity index (χ1v) is 8.78. The van der Waals surface area contributed by atoms with Crippen LogP contribution in [0.25, 0.3) is 10.9 Å². The van der Waals surface area contributed by atoms with Gasteiger partial charge in [0.2, 0.25) is 0 Å². The normalized spacial score (nSPS) is 15.9. The average molecular weight is 329 g/mol. The van der Waals surface area contributed by atoms with Crippen LogP contribution in [0.2, 0.25) is 0 Å². The van der Waals surface area contributed by atoms with Crippen molar-refractivity contribution in [2.75, 3.05) is 32.7 Å². The number of aromatic nitrogens is 1. The molecule has 0 spiro atoms. The van der Waals surface area contributed by atoms with E-state index < -0.39 is 5.97 Å². The van der Waals surface area contributed by atoms with Crippen molar-refractivity contribution in [3.05, 3.63) is 35.0 Å². The van der Waals surface area contributed by atoms with Crippen LogP contribution in [0.15, 0.2) is 18.3 Å². The predicted molar refractivity (Wildman–Crippen MR) is 96.7 cm³/mol. The molecule has 1 aromatic carbocycles. The van der Waals surface area contributed by atoms with Crippen LogP contribution in [0.4, 0.5) is 0 Å². The van der Waals surface area contributed by atoms with Crippen LogP contribution >= 0.6 is 0 Å². The zero-order chi connectivity index (χ0) is 17.1. The van der Waals surface area contributed by atoms with E-state index in [-0.39, 0.29) is 6.54 Å². The minimum atomic E-state index is -0.794. The Bertz CT molecular complexity index is 730. The van der Waals surface area contributed by atoms with Gasteiger partial charge in [-0.05, 0) is 62.1 Å². The summed E-state index contributed by atoms with van der Waals surface area (Å²) in [6, 6.07) is 4.33. The van der Waals surface area contributed by atoms with Crippen molar-refractivity contribution in [2.45, 2.75) is 33.2 Å². The fourth-order valence-corrected chi connectivity index (χ4v) is 3.53. The van der Waals surface area contributed by atoms with Crippen LogP contribution in [-0.4, -0.2) is 53.3 Å². The molecule has 0 saturated carbocycles. The molecule has 24 heavy (non-hydrogen) atoms. The Balaban J connectivity index is 1.78. The lowest BCUT2D eigenvalue weighted by Gasteiger charge is -2.26. The molecule has 2 heterocycles. The summed E-state index contributed by atoms with van der Waals surface area (Å²) in [6.07, 6.45) is 4.14. The zero-order valence-corrected chi connectivity index (χ0v) is 14.6. The molecular weight excluding hydrogens is 302 g/mol. The highest BCUT2D eigenvalue weighted by Gasteiger charge is 2.13. The largest absolute Gasteiger partial charge is 0.480 e. The van der Waals surface area contributed by atoms with Gasteiger partial charge >= 0.3 is 5.97 Å². The van der Waals surface area contributed by atoms with E-state index in [1.807, 2.05) is 10.8 Å². The maximum atomic E-state index is 11.2. The summed E-state index contributed by atoms with van der Waals surface area (Å²) >= 11 is 0. The van der Waals surface area contributed by atoms with Crippen molar-refractivity contribution in [1.82, 2.24) is 14.8 Å². The summed E-state index contributed by atoms with van der Waals surface area (Å²) in [7, 11) is 0. The van der Waals surface area contributed by atoms with Gasteiger partial charge in [0.25, 0.3) is 0 Å². The van der Waals surface area contributed by atoms with Crippen molar-refractivity contribution in [3.63, 3.8) is 0 Å². The number of nitrogens with zero attached hydrogens (tertiary/aromatic N) is 2. The molecule has 3 rings (SSSR count). The maximum absolute atomic E-state index is 11.2. The SMILES string of the molecule is Cc1cc2c(CCCN3CCNCC3)cn(CC(=O)O)c2cc1C. The molecule has 0 unspecified atom stereocenters. The van der Waals surface area contributed by atoms with E-state index in [2.05, 4.69) is 36.2 Å². The molecule has 2 N–H and O–H groups in total. The molecule has 0 aliphatic carbocycles. The van der Waals surface area contributed by atoms with Gasteiger partial charge in [-0.2, -0.15) is 0 Å². The van der Waals surface area contributed by atoms with E-state index in [9.17, 15) is 9.90 Å². The Kier molecular flexibility index (Phi) is 5.21. The first-order chi connectivity index (χ1) is 11.5. The number of piperazine rings is 1. The van der Waals surface area contributed by atoms with Gasteiger partial charge in [0.05, 0.1) is 0 Å². The Labute approximate surface area is 143 Å². The van der Waals surface area contributed by atoms with Crippen molar-refractivity contribution in [1.29, 1.82) is 0 Å². The Morgan fingerprint density at radius 3 is 2.62 bits per heavy atom. The lowest BCUT2D eigenvalue weighted by atomic mass is 10.0. The number of fused-ring (bicyclic) bond motifs is 1. The van der Waals surface area contributed by atoms with E-state index in [0.717, 1.165) is 51.1 Å². The van der Waals surface area contributed by atoms with Crippen molar-refractivity contribution >= 4 is 16.9 Å². The molecule has 130 valence electrons. The summed E-state index contributed by atoms with van der Waals surface area (Å²) < 4.78 is 1.88. The molecule has 0 amide bonds. The van der Waals surface area contributed by atoms with Crippen LogP contribution in [0.1, 0.15) is 23.1 Å². The van der Waals surface area contributed by atoms with E-state index in [4.69, 9.17) is 0 Å². The van der Waals surface area contributed by atoms with Crippen LogP contribution in [0.3, 0.4) is 0 Å². The van der Waals surface area contributed by atoms with Gasteiger partial charge in [0.1, 0.15) is 6.54 Å². The summed E-state index contributed by atoms with van der Waals surface area (Å²) in [5.41, 5.74) is 4.78. The number of rotatable bonds is 6. The van der Waals surface area contributed by atoms with E-state index >= 15 is 0 Å². The minimum Gasteiger partial charge on any atom is -0.480 e. The van der Waals surface area contributed by atoms with Gasteiger partial charge in [0.15, 0.2) is 0 Å². The molecule has 2 aromatic rings. The fourth-order valence-electron chi connectivity index (χ4n) is 3.53. The smallest absolute Gasteiger partial charge is 0.323 e. The molecule has 1 fully saturated rings. The predicted octanol–water partition coefficient (Wildman–Crippen LogP) is 2.18. The van der Waals surface area contributed by atoms with Crippen LogP contribution in [-0.2, 0) is 17.8 Å². The number of aryl methyl sites for hydroxylation is 3. The zero-order valence-electron chi connectivity index (χ0n) is 14.6. The molecule has 5 nitrogen and oxygen atoms in total. The minimum absolute atomic E-state index is 0.0246. The average Bonchev–Trinajstić information content (AvgIpc) is 2.85. The van der Waals surface area contributed by atoms with Gasteiger partial charge in [0, 0.05) is 43.3 Å². The topological polar surface area (TPSA) is 57.5 Å². The van der Waals surface area contributed by atoms with Crippen LogP contribution < -0.4 is 5.32 Å².